The van der Waals surface area contributed by atoms with Gasteiger partial charge in [0.1, 0.15) is 24.5 Å². The Balaban J connectivity index is -0.000000113. The number of rotatable bonds is 49. The Kier molecular flexibility index (Phi) is 117. The summed E-state index contributed by atoms with van der Waals surface area (Å²) in [6.07, 6.45) is 50.8. The molecule has 2 atom stereocenters. The van der Waals surface area contributed by atoms with Crippen LogP contribution in [0.25, 0.3) is 0 Å². The van der Waals surface area contributed by atoms with Gasteiger partial charge in [-0.15, -0.1) is 0 Å². The number of Topliss-reactive ketones (excluding diaryl/α,β-unsaturated/α-hetero) is 2. The van der Waals surface area contributed by atoms with Crippen LogP contribution >= 0.6 is 0 Å². The third kappa shape index (κ3) is 122. The number of hydrogen-bond acceptors (Lipinski definition) is 12. The molecule has 14 heteroatoms. The normalized spacial score (nSPS) is 10.5. The van der Waals surface area contributed by atoms with E-state index in [9.17, 15) is 33.6 Å². The standard InChI is InChI=1S/C15H30O.C14H24NO4.C10H21.C9H20O.C9H20.C6H12O.C4H9NO2.C3H6O2.U/c1-4-6-7-8-9-10-11-12-15(16)13-14(3)5-2;1-2-3-4-5-6-7-12-19-14(18)13-15(8-10-16)9-11-17;1-4-6-7-8-9-10(3)5-2;1-3-4-5-6-7-8-9-10-2;1-3-5-7-9-8-6-4-2;1-3-5-6(7)4-2;1-4(6)7-3-2-5;1-2-3(4)5;/h14H,4-13H2,1-3H3;10H,2-9,12-13H2,1H3;8,10H,4-7,9H2,1-3H3;3-9H2,1-2H3;3-9H2,1-2H3;3-5H2,1-2H3;2-3,5H2,1H3;2H2,1H3,(H,4,5);/q;2*-1;;;;;;+2. The number of ketones is 2. The number of nitrogens with two attached hydrogens (primary N) is 1. The SMILES string of the molecule is CC(=O)OCCN.CCC(=O)O.CCCC(=O)CC.CCCCCCCCC.CCCCCCCCCC(=O)CC(C)CC.CCCCCCCCOC.CCCCCCCCOC(=O)CN(C[C-]=O)CC=O.CCCC[CH-]CC(C)CC.[U+2]. The van der Waals surface area contributed by atoms with Crippen molar-refractivity contribution in [1.82, 2.24) is 4.90 Å². The zero-order valence-corrected chi connectivity index (χ0v) is 62.3. The first-order chi connectivity index (χ1) is 39.9. The van der Waals surface area contributed by atoms with Crippen LogP contribution in [0.3, 0.4) is 0 Å². The summed E-state index contributed by atoms with van der Waals surface area (Å²) in [5.74, 6) is 0.917. The average molecular weight is 1430 g/mol. The number of carbonyl (C=O) groups is 6. The minimum absolute atomic E-state index is 0. The molecule has 0 aliphatic rings. The predicted molar refractivity (Wildman–Crippen MR) is 355 cm³/mol. The van der Waals surface area contributed by atoms with Crippen LogP contribution in [-0.4, -0.2) is 105 Å². The molecule has 0 saturated carbocycles. The van der Waals surface area contributed by atoms with Gasteiger partial charge in [-0.1, -0.05) is 276 Å². The zero-order chi connectivity index (χ0) is 64.7. The van der Waals surface area contributed by atoms with E-state index in [2.05, 4.69) is 80.4 Å². The van der Waals surface area contributed by atoms with Crippen LogP contribution in [0.2, 0.25) is 0 Å². The summed E-state index contributed by atoms with van der Waals surface area (Å²) in [6, 6.07) is 0. The summed E-state index contributed by atoms with van der Waals surface area (Å²) in [5, 5.41) is 7.72. The van der Waals surface area contributed by atoms with Gasteiger partial charge in [0.25, 0.3) is 0 Å². The Bertz CT molecular complexity index is 1250. The topological polar surface area (TPSA) is 197 Å². The first kappa shape index (κ1) is 101. The van der Waals surface area contributed by atoms with Crippen molar-refractivity contribution in [2.45, 2.75) is 341 Å². The number of ether oxygens (including phenoxy) is 3. The zero-order valence-electron chi connectivity index (χ0n) is 58.2. The fourth-order valence-electron chi connectivity index (χ4n) is 7.23. The maximum absolute atomic E-state index is 11.5. The Hall–Kier alpha value is -1.98. The molecule has 0 spiro atoms. The molecule has 0 aliphatic carbocycles. The van der Waals surface area contributed by atoms with Crippen LogP contribution < -0.4 is 5.73 Å². The number of unbranched alkanes of at least 4 members (excludes halogenated alkanes) is 25. The predicted octanol–water partition coefficient (Wildman–Crippen LogP) is 19.0. The fraction of sp³-hybridized carbons (Fsp3) is 0.886. The van der Waals surface area contributed by atoms with E-state index in [4.69, 9.17) is 20.3 Å². The fourth-order valence-corrected chi connectivity index (χ4v) is 7.23. The Morgan fingerprint density at radius 3 is 1.29 bits per heavy atom. The van der Waals surface area contributed by atoms with E-state index < -0.39 is 11.9 Å². The molecule has 0 aromatic rings. The van der Waals surface area contributed by atoms with Gasteiger partial charge in [0.2, 0.25) is 0 Å². The molecule has 502 valence electrons. The van der Waals surface area contributed by atoms with Crippen molar-refractivity contribution >= 4 is 42.0 Å². The van der Waals surface area contributed by atoms with Gasteiger partial charge in [0.05, 0.1) is 19.7 Å². The van der Waals surface area contributed by atoms with Gasteiger partial charge in [-0.05, 0) is 31.6 Å². The van der Waals surface area contributed by atoms with E-state index in [1.165, 1.54) is 192 Å². The number of esters is 2. The number of carbonyl (C=O) groups excluding carboxylic acids is 6. The van der Waals surface area contributed by atoms with Gasteiger partial charge in [-0.3, -0.25) is 24.0 Å². The van der Waals surface area contributed by atoms with Crippen molar-refractivity contribution in [2.75, 3.05) is 53.1 Å². The van der Waals surface area contributed by atoms with E-state index in [0.29, 0.717) is 49.9 Å². The number of aliphatic carboxylic acids is 1. The average Bonchev–Trinajstić information content (AvgIpc) is 3.48. The van der Waals surface area contributed by atoms with Crippen molar-refractivity contribution in [3.8, 4) is 0 Å². The molecule has 0 radical (unpaired) electrons. The van der Waals surface area contributed by atoms with E-state index in [1.807, 2.05) is 13.8 Å². The summed E-state index contributed by atoms with van der Waals surface area (Å²) in [5.41, 5.74) is 5.00. The van der Waals surface area contributed by atoms with Crippen molar-refractivity contribution < 1.29 is 84.0 Å². The second-order valence-corrected chi connectivity index (χ2v) is 21.8. The van der Waals surface area contributed by atoms with Gasteiger partial charge in [-0.25, -0.2) is 6.29 Å². The summed E-state index contributed by atoms with van der Waals surface area (Å²) in [6.45, 7) is 31.3. The molecule has 0 bridgehead atoms. The molecular weight excluding hydrogens is 1280 g/mol. The van der Waals surface area contributed by atoms with E-state index in [0.717, 1.165) is 63.9 Å². The molecule has 0 aromatic carbocycles. The van der Waals surface area contributed by atoms with Crippen molar-refractivity contribution in [3.05, 3.63) is 6.42 Å². The van der Waals surface area contributed by atoms with Crippen LogP contribution in [0.4, 0.5) is 0 Å². The summed E-state index contributed by atoms with van der Waals surface area (Å²) in [7, 11) is 1.77. The molecule has 84 heavy (non-hydrogen) atoms. The minimum Gasteiger partial charge on any atom is -0.541 e. The molecule has 13 nitrogen and oxygen atoms in total. The third-order valence-corrected chi connectivity index (χ3v) is 13.2. The van der Waals surface area contributed by atoms with Gasteiger partial charge in [-0.2, -0.15) is 12.8 Å². The monoisotopic (exact) mass is 1430 g/mol. The quantitative estimate of drug-likeness (QED) is 0.0253. The molecule has 0 heterocycles. The van der Waals surface area contributed by atoms with Crippen LogP contribution in [-0.2, 0) is 47.8 Å². The van der Waals surface area contributed by atoms with Crippen LogP contribution in [0.1, 0.15) is 341 Å². The van der Waals surface area contributed by atoms with Crippen LogP contribution in [0.15, 0.2) is 0 Å². The van der Waals surface area contributed by atoms with Crippen LogP contribution in [0, 0.1) is 49.4 Å². The minimum atomic E-state index is -0.745. The van der Waals surface area contributed by atoms with Crippen molar-refractivity contribution in [2.24, 2.45) is 17.6 Å². The molecule has 0 amide bonds. The number of carboxylic acids is 1. The molecule has 0 saturated heterocycles. The Morgan fingerprint density at radius 2 is 0.964 bits per heavy atom. The van der Waals surface area contributed by atoms with Gasteiger partial charge < -0.3 is 46.0 Å². The van der Waals surface area contributed by atoms with Crippen LogP contribution in [0.5, 0.6) is 0 Å². The van der Waals surface area contributed by atoms with Gasteiger partial charge >= 0.3 is 49.0 Å². The Labute approximate surface area is 545 Å². The molecule has 0 rings (SSSR count). The van der Waals surface area contributed by atoms with E-state index >= 15 is 0 Å². The van der Waals surface area contributed by atoms with Gasteiger partial charge in [0.15, 0.2) is 0 Å². The Morgan fingerprint density at radius 1 is 0.548 bits per heavy atom. The summed E-state index contributed by atoms with van der Waals surface area (Å²) >= 11 is 0. The third-order valence-electron chi connectivity index (χ3n) is 13.2. The summed E-state index contributed by atoms with van der Waals surface area (Å²) < 4.78 is 14.4. The largest absolute Gasteiger partial charge is 2.00 e. The maximum atomic E-state index is 11.5. The molecule has 0 aromatic heterocycles. The number of hydrogen-bond donors (Lipinski definition) is 2. The maximum Gasteiger partial charge on any atom is 2.00 e. The molecule has 3 N–H and O–H groups in total. The smallest absolute Gasteiger partial charge is 0.541 e. The second kappa shape index (κ2) is 97.3. The molecule has 0 aliphatic heterocycles. The number of carboxylic acid groups (broad SMARTS) is 1. The first-order valence-corrected chi connectivity index (χ1v) is 34.0. The van der Waals surface area contributed by atoms with Crippen molar-refractivity contribution in [1.29, 1.82) is 0 Å². The number of aldehydes is 1. The number of methoxy groups -OCH3 is 1. The number of nitrogens with zero attached hydrogens (tertiary/aromatic N) is 1. The van der Waals surface area contributed by atoms with Crippen molar-refractivity contribution in [3.63, 3.8) is 0 Å². The second-order valence-electron chi connectivity index (χ2n) is 21.8. The van der Waals surface area contributed by atoms with E-state index in [-0.39, 0.29) is 63.1 Å². The molecule has 2 unspecified atom stereocenters. The molecular formula is C70H142N2O11U. The van der Waals surface area contributed by atoms with Gasteiger partial charge in [0, 0.05) is 59.3 Å². The molecule has 0 fully saturated rings. The van der Waals surface area contributed by atoms with E-state index in [1.54, 1.807) is 20.3 Å². The summed E-state index contributed by atoms with van der Waals surface area (Å²) in [4.78, 5) is 74.6. The first-order valence-electron chi connectivity index (χ1n) is 34.0.